The molecule has 150 valence electrons. The second-order valence-electron chi connectivity index (χ2n) is 6.08. The summed E-state index contributed by atoms with van der Waals surface area (Å²) < 4.78 is 28.9. The summed E-state index contributed by atoms with van der Waals surface area (Å²) in [6, 6.07) is 24.1. The summed E-state index contributed by atoms with van der Waals surface area (Å²) in [7, 11) is 0. The topological polar surface area (TPSA) is 38.3 Å². The van der Waals surface area contributed by atoms with Crippen molar-refractivity contribution in [3.8, 4) is 5.75 Å². The molecule has 0 aromatic heterocycles. The second kappa shape index (κ2) is 10.3. The fourth-order valence-electron chi connectivity index (χ4n) is 2.77. The van der Waals surface area contributed by atoms with Gasteiger partial charge in [-0.1, -0.05) is 72.3 Å². The Balaban J connectivity index is 1.66. The highest BCUT2D eigenvalue weighted by molar-refractivity contribution is 8.00. The largest absolute Gasteiger partial charge is 0.433 e. The maximum Gasteiger partial charge on any atom is 0.387 e. The Hall–Kier alpha value is -2.57. The minimum atomic E-state index is -2.96. The first-order valence-corrected chi connectivity index (χ1v) is 10.2. The molecule has 0 spiro atoms. The van der Waals surface area contributed by atoms with Crippen molar-refractivity contribution in [2.24, 2.45) is 0 Å². The van der Waals surface area contributed by atoms with Gasteiger partial charge in [0.2, 0.25) is 5.91 Å². The Morgan fingerprint density at radius 2 is 1.55 bits per heavy atom. The van der Waals surface area contributed by atoms with E-state index in [9.17, 15) is 13.6 Å². The van der Waals surface area contributed by atoms with E-state index in [1.54, 1.807) is 0 Å². The smallest absolute Gasteiger partial charge is 0.387 e. The number of rotatable bonds is 8. The zero-order valence-electron chi connectivity index (χ0n) is 15.2. The number of thioether (sulfide) groups is 1. The third-order valence-electron chi connectivity index (χ3n) is 4.02. The zero-order valence-corrected chi connectivity index (χ0v) is 16.8. The number of amides is 1. The summed E-state index contributed by atoms with van der Waals surface area (Å²) in [5.74, 6) is -0.144. The van der Waals surface area contributed by atoms with E-state index in [4.69, 9.17) is 11.6 Å². The third kappa shape index (κ3) is 6.21. The van der Waals surface area contributed by atoms with Gasteiger partial charge in [0.25, 0.3) is 0 Å². The molecule has 0 heterocycles. The summed E-state index contributed by atoms with van der Waals surface area (Å²) >= 11 is 7.43. The molecule has 3 nitrogen and oxygen atoms in total. The van der Waals surface area contributed by atoms with E-state index in [1.807, 2.05) is 60.7 Å². The van der Waals surface area contributed by atoms with Crippen LogP contribution in [0.3, 0.4) is 0 Å². The van der Waals surface area contributed by atoms with E-state index in [-0.39, 0.29) is 27.7 Å². The van der Waals surface area contributed by atoms with Gasteiger partial charge in [-0.05, 0) is 29.3 Å². The number of nitrogens with one attached hydrogen (secondary N) is 1. The molecule has 0 aliphatic heterocycles. The number of anilines is 1. The average molecular weight is 434 g/mol. The van der Waals surface area contributed by atoms with E-state index in [0.717, 1.165) is 11.1 Å². The van der Waals surface area contributed by atoms with Crippen molar-refractivity contribution in [3.05, 3.63) is 95.0 Å². The summed E-state index contributed by atoms with van der Waals surface area (Å²) in [6.07, 6.45) is 0. The number of alkyl halides is 2. The Kier molecular flexibility index (Phi) is 7.49. The lowest BCUT2D eigenvalue weighted by molar-refractivity contribution is -0.113. The molecule has 0 fully saturated rings. The van der Waals surface area contributed by atoms with Crippen molar-refractivity contribution in [1.29, 1.82) is 0 Å². The Labute approximate surface area is 177 Å². The van der Waals surface area contributed by atoms with Gasteiger partial charge >= 0.3 is 6.61 Å². The van der Waals surface area contributed by atoms with Crippen LogP contribution in [-0.2, 0) is 4.79 Å². The molecule has 1 N–H and O–H groups in total. The van der Waals surface area contributed by atoms with Crippen molar-refractivity contribution in [2.45, 2.75) is 11.9 Å². The lowest BCUT2D eigenvalue weighted by Gasteiger charge is -2.17. The van der Waals surface area contributed by atoms with Gasteiger partial charge in [0.1, 0.15) is 5.75 Å². The Bertz CT molecular complexity index is 903. The van der Waals surface area contributed by atoms with Crippen LogP contribution in [0, 0.1) is 0 Å². The monoisotopic (exact) mass is 433 g/mol. The van der Waals surface area contributed by atoms with Gasteiger partial charge in [-0.25, -0.2) is 0 Å². The van der Waals surface area contributed by atoms with Gasteiger partial charge in [0.15, 0.2) is 0 Å². The maximum absolute atomic E-state index is 12.4. The van der Waals surface area contributed by atoms with Crippen LogP contribution in [0.1, 0.15) is 16.4 Å². The number of carbonyl (C=O) groups is 1. The third-order valence-corrected chi connectivity index (χ3v) is 5.62. The summed E-state index contributed by atoms with van der Waals surface area (Å²) in [5.41, 5.74) is 2.62. The van der Waals surface area contributed by atoms with Crippen LogP contribution in [0.2, 0.25) is 5.02 Å². The van der Waals surface area contributed by atoms with Gasteiger partial charge in [-0.3, -0.25) is 4.79 Å². The van der Waals surface area contributed by atoms with Crippen molar-refractivity contribution < 1.29 is 18.3 Å². The summed E-state index contributed by atoms with van der Waals surface area (Å²) in [5, 5.41) is 2.74. The van der Waals surface area contributed by atoms with Gasteiger partial charge in [0, 0.05) is 5.69 Å². The lowest BCUT2D eigenvalue weighted by atomic mass is 10.0. The first kappa shape index (κ1) is 21.1. The first-order valence-electron chi connectivity index (χ1n) is 8.78. The van der Waals surface area contributed by atoms with Crippen LogP contribution < -0.4 is 10.1 Å². The number of ether oxygens (including phenoxy) is 1. The zero-order chi connectivity index (χ0) is 20.6. The molecule has 3 aromatic carbocycles. The molecule has 0 bridgehead atoms. The molecule has 0 unspecified atom stereocenters. The summed E-state index contributed by atoms with van der Waals surface area (Å²) in [6.45, 7) is -2.96. The Morgan fingerprint density at radius 3 is 2.07 bits per heavy atom. The number of benzene rings is 3. The fraction of sp³-hybridized carbons (Fsp3) is 0.136. The normalized spacial score (nSPS) is 10.9. The molecular formula is C22H18ClF2NO2S. The molecule has 0 saturated carbocycles. The molecule has 0 radical (unpaired) electrons. The maximum atomic E-state index is 12.4. The fourth-order valence-corrected chi connectivity index (χ4v) is 4.08. The molecule has 3 rings (SSSR count). The molecule has 29 heavy (non-hydrogen) atoms. The molecule has 3 aromatic rings. The van der Waals surface area contributed by atoms with Gasteiger partial charge in [-0.2, -0.15) is 8.78 Å². The van der Waals surface area contributed by atoms with Crippen molar-refractivity contribution >= 4 is 35.0 Å². The number of hydrogen-bond donors (Lipinski definition) is 1. The van der Waals surface area contributed by atoms with Gasteiger partial charge in [0.05, 0.1) is 16.0 Å². The minimum absolute atomic E-state index is 0.00204. The highest BCUT2D eigenvalue weighted by Gasteiger charge is 2.17. The highest BCUT2D eigenvalue weighted by atomic mass is 35.5. The van der Waals surface area contributed by atoms with Crippen LogP contribution in [0.15, 0.2) is 78.9 Å². The van der Waals surface area contributed by atoms with Crippen molar-refractivity contribution in [1.82, 2.24) is 0 Å². The number of carbonyl (C=O) groups excluding carboxylic acids is 1. The Morgan fingerprint density at radius 1 is 0.966 bits per heavy atom. The predicted octanol–water partition coefficient (Wildman–Crippen LogP) is 6.40. The van der Waals surface area contributed by atoms with E-state index >= 15 is 0 Å². The number of hydrogen-bond acceptors (Lipinski definition) is 3. The SMILES string of the molecule is O=C(CSC(c1ccccc1)c1ccccc1)Nc1ccc(OC(F)F)c(Cl)c1. The van der Waals surface area contributed by atoms with Crippen LogP contribution in [0.5, 0.6) is 5.75 Å². The molecule has 0 aliphatic carbocycles. The van der Waals surface area contributed by atoms with Gasteiger partial charge in [-0.15, -0.1) is 11.8 Å². The predicted molar refractivity (Wildman–Crippen MR) is 114 cm³/mol. The minimum Gasteiger partial charge on any atom is -0.433 e. The van der Waals surface area contributed by atoms with Crippen molar-refractivity contribution in [2.75, 3.05) is 11.1 Å². The molecule has 1 amide bonds. The number of halogens is 3. The van der Waals surface area contributed by atoms with E-state index < -0.39 is 6.61 Å². The van der Waals surface area contributed by atoms with Gasteiger partial charge < -0.3 is 10.1 Å². The van der Waals surface area contributed by atoms with Crippen LogP contribution in [0.4, 0.5) is 14.5 Å². The molecule has 0 atom stereocenters. The molecule has 0 aliphatic rings. The van der Waals surface area contributed by atoms with Crippen LogP contribution in [0.25, 0.3) is 0 Å². The van der Waals surface area contributed by atoms with Crippen LogP contribution >= 0.6 is 23.4 Å². The van der Waals surface area contributed by atoms with E-state index in [0.29, 0.717) is 5.69 Å². The quantitative estimate of drug-likeness (QED) is 0.446. The lowest BCUT2D eigenvalue weighted by Crippen LogP contribution is -2.15. The molecular weight excluding hydrogens is 416 g/mol. The standard InChI is InChI=1S/C22H18ClF2NO2S/c23-18-13-17(11-12-19(18)28-22(24)25)26-20(27)14-29-21(15-7-3-1-4-8-15)16-9-5-2-6-10-16/h1-13,21-22H,14H2,(H,26,27). The highest BCUT2D eigenvalue weighted by Crippen LogP contribution is 2.35. The molecule has 7 heteroatoms. The second-order valence-corrected chi connectivity index (χ2v) is 7.58. The van der Waals surface area contributed by atoms with E-state index in [1.165, 1.54) is 30.0 Å². The van der Waals surface area contributed by atoms with E-state index in [2.05, 4.69) is 10.1 Å². The van der Waals surface area contributed by atoms with Crippen LogP contribution in [-0.4, -0.2) is 18.3 Å². The average Bonchev–Trinajstić information content (AvgIpc) is 2.71. The molecule has 0 saturated heterocycles. The first-order chi connectivity index (χ1) is 14.0. The van der Waals surface area contributed by atoms with Crippen molar-refractivity contribution in [3.63, 3.8) is 0 Å². The summed E-state index contributed by atoms with van der Waals surface area (Å²) in [4.78, 5) is 12.4.